The summed E-state index contributed by atoms with van der Waals surface area (Å²) in [4.78, 5) is 11.9. The lowest BCUT2D eigenvalue weighted by Gasteiger charge is -2.42. The fourth-order valence-electron chi connectivity index (χ4n) is 4.58. The van der Waals surface area contributed by atoms with Gasteiger partial charge in [0.15, 0.2) is 5.60 Å². The minimum absolute atomic E-state index is 0.217. The summed E-state index contributed by atoms with van der Waals surface area (Å²) in [6.45, 7) is 1.96. The van der Waals surface area contributed by atoms with Crippen molar-refractivity contribution in [3.63, 3.8) is 0 Å². The molecule has 152 valence electrons. The Labute approximate surface area is 174 Å². The molecule has 5 heteroatoms. The Kier molecular flexibility index (Phi) is 5.22. The van der Waals surface area contributed by atoms with Gasteiger partial charge in [-0.05, 0) is 46.4 Å². The summed E-state index contributed by atoms with van der Waals surface area (Å²) in [7, 11) is 0. The number of rotatable bonds is 4. The van der Waals surface area contributed by atoms with Gasteiger partial charge in [0.05, 0.1) is 5.92 Å². The Balaban J connectivity index is 1.98. The van der Waals surface area contributed by atoms with Gasteiger partial charge in [-0.25, -0.2) is 4.39 Å². The number of halogens is 1. The third-order valence-electron chi connectivity index (χ3n) is 6.02. The Morgan fingerprint density at radius 2 is 1.50 bits per heavy atom. The molecule has 3 aromatic rings. The molecule has 0 bridgehead atoms. The van der Waals surface area contributed by atoms with Gasteiger partial charge in [-0.2, -0.15) is 0 Å². The highest BCUT2D eigenvalue weighted by atomic mass is 19.1. The second kappa shape index (κ2) is 7.84. The van der Waals surface area contributed by atoms with Crippen LogP contribution in [-0.2, 0) is 5.60 Å². The van der Waals surface area contributed by atoms with E-state index in [-0.39, 0.29) is 5.92 Å². The van der Waals surface area contributed by atoms with Crippen molar-refractivity contribution < 1.29 is 14.4 Å². The molecular formula is C25H22FNO3. The first kappa shape index (κ1) is 20.0. The van der Waals surface area contributed by atoms with E-state index in [1.54, 1.807) is 6.08 Å². The Bertz CT molecular complexity index is 1070. The van der Waals surface area contributed by atoms with Gasteiger partial charge in [0.2, 0.25) is 0 Å². The van der Waals surface area contributed by atoms with Crippen LogP contribution in [0.2, 0.25) is 0 Å². The highest BCUT2D eigenvalue weighted by molar-refractivity contribution is 5.71. The van der Waals surface area contributed by atoms with Crippen LogP contribution in [0.3, 0.4) is 0 Å². The van der Waals surface area contributed by atoms with Gasteiger partial charge >= 0.3 is 0 Å². The monoisotopic (exact) mass is 403 g/mol. The van der Waals surface area contributed by atoms with Crippen LogP contribution >= 0.6 is 0 Å². The third-order valence-corrected chi connectivity index (χ3v) is 6.02. The molecule has 0 spiro atoms. The minimum Gasteiger partial charge on any atom is -0.374 e. The molecule has 1 aliphatic carbocycles. The van der Waals surface area contributed by atoms with Crippen LogP contribution < -0.4 is 0 Å². The molecule has 0 aromatic heterocycles. The molecule has 4 rings (SSSR count). The molecule has 0 saturated heterocycles. The van der Waals surface area contributed by atoms with Crippen molar-refractivity contribution in [2.24, 2.45) is 5.92 Å². The predicted octanol–water partition coefficient (Wildman–Crippen LogP) is 5.18. The maximum absolute atomic E-state index is 13.5. The van der Waals surface area contributed by atoms with Gasteiger partial charge in [-0.3, -0.25) is 10.1 Å². The van der Waals surface area contributed by atoms with E-state index < -0.39 is 28.3 Å². The van der Waals surface area contributed by atoms with E-state index in [4.69, 9.17) is 0 Å². The van der Waals surface area contributed by atoms with E-state index in [1.807, 2.05) is 67.6 Å². The number of nitro groups is 1. The largest absolute Gasteiger partial charge is 0.374 e. The van der Waals surface area contributed by atoms with Gasteiger partial charge in [-0.1, -0.05) is 79.7 Å². The molecule has 1 N–H and O–H groups in total. The summed E-state index contributed by atoms with van der Waals surface area (Å²) in [6.07, 6.45) is 1.59. The first-order valence-corrected chi connectivity index (χ1v) is 9.87. The van der Waals surface area contributed by atoms with Gasteiger partial charge in [-0.15, -0.1) is 0 Å². The van der Waals surface area contributed by atoms with E-state index in [2.05, 4.69) is 0 Å². The zero-order valence-electron chi connectivity index (χ0n) is 16.5. The summed E-state index contributed by atoms with van der Waals surface area (Å²) in [5.41, 5.74) is 0.915. The van der Waals surface area contributed by atoms with E-state index in [0.29, 0.717) is 5.56 Å². The SMILES string of the molecule is C[C@H]1C(c2ccccc2)=C[C@@](O)(c2ccc(F)cc2)[C@H]([N+](=O)[O-])[C@H]1c1ccccc1. The second-order valence-corrected chi connectivity index (χ2v) is 7.75. The summed E-state index contributed by atoms with van der Waals surface area (Å²) in [6, 6.07) is 22.8. The summed E-state index contributed by atoms with van der Waals surface area (Å²) >= 11 is 0. The molecular weight excluding hydrogens is 381 g/mol. The van der Waals surface area contributed by atoms with E-state index in [0.717, 1.165) is 16.7 Å². The fourth-order valence-corrected chi connectivity index (χ4v) is 4.58. The Morgan fingerprint density at radius 1 is 0.933 bits per heavy atom. The van der Waals surface area contributed by atoms with Crippen molar-refractivity contribution in [2.75, 3.05) is 0 Å². The van der Waals surface area contributed by atoms with Crippen molar-refractivity contribution >= 4 is 5.57 Å². The number of benzene rings is 3. The van der Waals surface area contributed by atoms with Crippen molar-refractivity contribution in [3.8, 4) is 0 Å². The van der Waals surface area contributed by atoms with Crippen LogP contribution in [-0.4, -0.2) is 16.1 Å². The van der Waals surface area contributed by atoms with Crippen LogP contribution in [0.1, 0.15) is 29.5 Å². The van der Waals surface area contributed by atoms with E-state index >= 15 is 0 Å². The lowest BCUT2D eigenvalue weighted by molar-refractivity contribution is -0.550. The number of hydrogen-bond donors (Lipinski definition) is 1. The van der Waals surface area contributed by atoms with Crippen molar-refractivity contribution in [1.29, 1.82) is 0 Å². The molecule has 4 nitrogen and oxygen atoms in total. The molecule has 30 heavy (non-hydrogen) atoms. The third kappa shape index (κ3) is 3.42. The molecule has 3 aromatic carbocycles. The van der Waals surface area contributed by atoms with Crippen molar-refractivity contribution in [1.82, 2.24) is 0 Å². The molecule has 0 unspecified atom stereocenters. The highest BCUT2D eigenvalue weighted by Gasteiger charge is 2.56. The average Bonchev–Trinajstić information content (AvgIpc) is 2.76. The quantitative estimate of drug-likeness (QED) is 0.482. The maximum atomic E-state index is 13.5. The predicted molar refractivity (Wildman–Crippen MR) is 114 cm³/mol. The van der Waals surface area contributed by atoms with Crippen molar-refractivity contribution in [2.45, 2.75) is 24.5 Å². The Morgan fingerprint density at radius 3 is 2.07 bits per heavy atom. The van der Waals surface area contributed by atoms with Crippen LogP contribution in [0.4, 0.5) is 4.39 Å². The molecule has 0 heterocycles. The standard InChI is InChI=1S/C25H22FNO3/c1-17-22(18-8-4-2-5-9-18)16-25(28,20-12-14-21(26)15-13-20)24(27(29)30)23(17)19-10-6-3-7-11-19/h2-17,23-24,28H,1H3/t17-,23+,24+,25+/m0/s1. The van der Waals surface area contributed by atoms with Crippen LogP contribution in [0.25, 0.3) is 5.57 Å². The van der Waals surface area contributed by atoms with E-state index in [9.17, 15) is 19.6 Å². The maximum Gasteiger partial charge on any atom is 0.256 e. The number of hydrogen-bond acceptors (Lipinski definition) is 3. The average molecular weight is 403 g/mol. The zero-order valence-corrected chi connectivity index (χ0v) is 16.5. The lowest BCUT2D eigenvalue weighted by atomic mass is 9.64. The molecule has 1 aliphatic rings. The van der Waals surface area contributed by atoms with Gasteiger partial charge in [0, 0.05) is 4.92 Å². The smallest absolute Gasteiger partial charge is 0.256 e. The van der Waals surface area contributed by atoms with Crippen LogP contribution in [0, 0.1) is 21.8 Å². The molecule has 0 saturated carbocycles. The summed E-state index contributed by atoms with van der Waals surface area (Å²) in [5.74, 6) is -1.25. The molecule has 0 radical (unpaired) electrons. The minimum atomic E-state index is -1.89. The van der Waals surface area contributed by atoms with Crippen molar-refractivity contribution in [3.05, 3.63) is 124 Å². The molecule has 0 aliphatic heterocycles. The number of allylic oxidation sites excluding steroid dienone is 1. The summed E-state index contributed by atoms with van der Waals surface area (Å²) < 4.78 is 13.5. The van der Waals surface area contributed by atoms with Gasteiger partial charge in [0.25, 0.3) is 6.04 Å². The van der Waals surface area contributed by atoms with Crippen LogP contribution in [0.15, 0.2) is 91.0 Å². The summed E-state index contributed by atoms with van der Waals surface area (Å²) in [5, 5.41) is 24.1. The molecule has 4 atom stereocenters. The highest BCUT2D eigenvalue weighted by Crippen LogP contribution is 2.50. The Hall–Kier alpha value is -3.31. The first-order chi connectivity index (χ1) is 14.4. The van der Waals surface area contributed by atoms with Gasteiger partial charge < -0.3 is 5.11 Å². The van der Waals surface area contributed by atoms with E-state index in [1.165, 1.54) is 24.3 Å². The first-order valence-electron chi connectivity index (χ1n) is 9.87. The normalized spacial score (nSPS) is 26.1. The topological polar surface area (TPSA) is 63.4 Å². The molecule has 0 amide bonds. The zero-order chi connectivity index (χ0) is 21.3. The molecule has 0 fully saturated rings. The van der Waals surface area contributed by atoms with Crippen LogP contribution in [0.5, 0.6) is 0 Å². The van der Waals surface area contributed by atoms with Gasteiger partial charge in [0.1, 0.15) is 5.82 Å². The second-order valence-electron chi connectivity index (χ2n) is 7.75. The fraction of sp³-hybridized carbons (Fsp3) is 0.200. The lowest BCUT2D eigenvalue weighted by Crippen LogP contribution is -2.51. The number of aliphatic hydroxyl groups is 1. The number of nitrogens with zero attached hydrogens (tertiary/aromatic N) is 1.